The van der Waals surface area contributed by atoms with Crippen LogP contribution in [0.25, 0.3) is 0 Å². The van der Waals surface area contributed by atoms with Crippen LogP contribution in [0.5, 0.6) is 0 Å². The minimum Gasteiger partial charge on any atom is -0.392 e. The van der Waals surface area contributed by atoms with Crippen LogP contribution in [0.2, 0.25) is 5.02 Å². The van der Waals surface area contributed by atoms with Crippen molar-refractivity contribution in [2.75, 3.05) is 32.5 Å². The van der Waals surface area contributed by atoms with Gasteiger partial charge in [-0.3, -0.25) is 4.79 Å². The molecule has 1 aromatic heterocycles. The second-order valence-corrected chi connectivity index (χ2v) is 4.81. The van der Waals surface area contributed by atoms with Crippen molar-refractivity contribution in [1.29, 1.82) is 0 Å². The summed E-state index contributed by atoms with van der Waals surface area (Å²) in [4.78, 5) is 13.9. The molecule has 1 unspecified atom stereocenters. The first-order chi connectivity index (χ1) is 8.41. The second kappa shape index (κ2) is 6.72. The molecule has 0 aromatic carbocycles. The van der Waals surface area contributed by atoms with Gasteiger partial charge in [-0.05, 0) is 21.0 Å². The lowest BCUT2D eigenvalue weighted by molar-refractivity contribution is 0.208. The van der Waals surface area contributed by atoms with Crippen LogP contribution in [0.15, 0.2) is 11.0 Å². The van der Waals surface area contributed by atoms with Crippen molar-refractivity contribution in [3.8, 4) is 0 Å². The van der Waals surface area contributed by atoms with E-state index in [1.54, 1.807) is 6.92 Å². The Balaban J connectivity index is 2.81. The standard InChI is InChI=1S/C11H19ClN4O2/c1-8(17)6-13-9-7-14-16(5-4-15(2)3)11(18)10(9)12/h7-8,13,17H,4-6H2,1-3H3. The molecule has 0 fully saturated rings. The Morgan fingerprint density at radius 2 is 2.28 bits per heavy atom. The van der Waals surface area contributed by atoms with E-state index in [-0.39, 0.29) is 10.6 Å². The zero-order chi connectivity index (χ0) is 13.7. The number of nitrogens with zero attached hydrogens (tertiary/aromatic N) is 3. The highest BCUT2D eigenvalue weighted by Crippen LogP contribution is 2.14. The molecule has 2 N–H and O–H groups in total. The molecule has 1 aromatic rings. The molecular formula is C11H19ClN4O2. The van der Waals surface area contributed by atoms with Crippen LogP contribution in [0.4, 0.5) is 5.69 Å². The molecule has 1 rings (SSSR count). The summed E-state index contributed by atoms with van der Waals surface area (Å²) in [5, 5.41) is 16.2. The largest absolute Gasteiger partial charge is 0.392 e. The Morgan fingerprint density at radius 1 is 1.61 bits per heavy atom. The number of aromatic nitrogens is 2. The van der Waals surface area contributed by atoms with Gasteiger partial charge in [-0.1, -0.05) is 11.6 Å². The molecule has 0 amide bonds. The van der Waals surface area contributed by atoms with Crippen molar-refractivity contribution in [3.63, 3.8) is 0 Å². The van der Waals surface area contributed by atoms with Gasteiger partial charge in [0.25, 0.3) is 5.56 Å². The summed E-state index contributed by atoms with van der Waals surface area (Å²) < 4.78 is 1.33. The summed E-state index contributed by atoms with van der Waals surface area (Å²) in [6.07, 6.45) is 0.985. The average Bonchev–Trinajstić information content (AvgIpc) is 2.29. The number of aliphatic hydroxyl groups is 1. The minimum atomic E-state index is -0.516. The van der Waals surface area contributed by atoms with Gasteiger partial charge in [-0.25, -0.2) is 4.68 Å². The fraction of sp³-hybridized carbons (Fsp3) is 0.636. The number of aliphatic hydroxyl groups excluding tert-OH is 1. The molecule has 0 aliphatic carbocycles. The third-order valence-electron chi connectivity index (χ3n) is 2.33. The highest BCUT2D eigenvalue weighted by Gasteiger charge is 2.09. The summed E-state index contributed by atoms with van der Waals surface area (Å²) in [5.41, 5.74) is 0.123. The van der Waals surface area contributed by atoms with E-state index in [1.165, 1.54) is 10.9 Å². The maximum atomic E-state index is 11.9. The molecule has 0 aliphatic heterocycles. The van der Waals surface area contributed by atoms with Crippen molar-refractivity contribution in [3.05, 3.63) is 21.6 Å². The number of nitrogens with one attached hydrogen (secondary N) is 1. The fourth-order valence-electron chi connectivity index (χ4n) is 1.30. The molecule has 0 spiro atoms. The van der Waals surface area contributed by atoms with E-state index < -0.39 is 6.10 Å². The predicted octanol–water partition coefficient (Wildman–Crippen LogP) is 0.251. The number of hydrogen-bond acceptors (Lipinski definition) is 5. The normalized spacial score (nSPS) is 12.8. The lowest BCUT2D eigenvalue weighted by Gasteiger charge is -2.13. The summed E-state index contributed by atoms with van der Waals surface area (Å²) in [6, 6.07) is 0. The number of rotatable bonds is 6. The highest BCUT2D eigenvalue weighted by molar-refractivity contribution is 6.32. The third kappa shape index (κ3) is 4.29. The molecule has 1 atom stereocenters. The van der Waals surface area contributed by atoms with Crippen molar-refractivity contribution in [1.82, 2.24) is 14.7 Å². The van der Waals surface area contributed by atoms with Gasteiger partial charge in [0.2, 0.25) is 0 Å². The Bertz CT molecular complexity index is 445. The molecule has 0 saturated heterocycles. The van der Waals surface area contributed by atoms with E-state index in [2.05, 4.69) is 10.4 Å². The lowest BCUT2D eigenvalue weighted by atomic mass is 10.4. The summed E-state index contributed by atoms with van der Waals surface area (Å²) >= 11 is 5.97. The van der Waals surface area contributed by atoms with Gasteiger partial charge in [0.05, 0.1) is 24.5 Å². The van der Waals surface area contributed by atoms with Crippen molar-refractivity contribution in [2.45, 2.75) is 19.6 Å². The zero-order valence-corrected chi connectivity index (χ0v) is 11.6. The SMILES string of the molecule is CC(O)CNc1cnn(CCN(C)C)c(=O)c1Cl. The van der Waals surface area contributed by atoms with Gasteiger partial charge in [-0.2, -0.15) is 5.10 Å². The fourth-order valence-corrected chi connectivity index (χ4v) is 1.51. The molecule has 6 nitrogen and oxygen atoms in total. The number of likely N-dealkylation sites (N-methyl/N-ethyl adjacent to an activating group) is 1. The second-order valence-electron chi connectivity index (χ2n) is 4.43. The molecule has 18 heavy (non-hydrogen) atoms. The van der Waals surface area contributed by atoms with E-state index in [1.807, 2.05) is 19.0 Å². The molecule has 7 heteroatoms. The molecule has 0 radical (unpaired) electrons. The van der Waals surface area contributed by atoms with Crippen LogP contribution < -0.4 is 10.9 Å². The summed E-state index contributed by atoms with van der Waals surface area (Å²) in [5.74, 6) is 0. The smallest absolute Gasteiger partial charge is 0.287 e. The topological polar surface area (TPSA) is 70.4 Å². The highest BCUT2D eigenvalue weighted by atomic mass is 35.5. The molecular weight excluding hydrogens is 256 g/mol. The molecule has 0 saturated carbocycles. The van der Waals surface area contributed by atoms with E-state index in [4.69, 9.17) is 16.7 Å². The number of halogens is 1. The first kappa shape index (κ1) is 14.9. The van der Waals surface area contributed by atoms with E-state index in [0.717, 1.165) is 0 Å². The minimum absolute atomic E-state index is 0.101. The predicted molar refractivity (Wildman–Crippen MR) is 72.2 cm³/mol. The maximum absolute atomic E-state index is 11.9. The van der Waals surface area contributed by atoms with E-state index in [9.17, 15) is 4.79 Å². The number of hydrogen-bond donors (Lipinski definition) is 2. The lowest BCUT2D eigenvalue weighted by Crippen LogP contribution is -2.29. The molecule has 102 valence electrons. The molecule has 1 heterocycles. The Hall–Kier alpha value is -1.11. The van der Waals surface area contributed by atoms with Crippen LogP contribution in [0.1, 0.15) is 6.92 Å². The average molecular weight is 275 g/mol. The van der Waals surface area contributed by atoms with Gasteiger partial charge in [0.1, 0.15) is 5.02 Å². The van der Waals surface area contributed by atoms with Crippen LogP contribution in [0.3, 0.4) is 0 Å². The van der Waals surface area contributed by atoms with E-state index in [0.29, 0.717) is 25.3 Å². The molecule has 0 aliphatic rings. The van der Waals surface area contributed by atoms with Crippen molar-refractivity contribution in [2.24, 2.45) is 0 Å². The van der Waals surface area contributed by atoms with Crippen LogP contribution in [0, 0.1) is 0 Å². The van der Waals surface area contributed by atoms with Gasteiger partial charge in [-0.15, -0.1) is 0 Å². The monoisotopic (exact) mass is 274 g/mol. The first-order valence-corrected chi connectivity index (χ1v) is 6.12. The number of anilines is 1. The molecule has 0 bridgehead atoms. The Morgan fingerprint density at radius 3 is 2.83 bits per heavy atom. The quantitative estimate of drug-likeness (QED) is 0.778. The first-order valence-electron chi connectivity index (χ1n) is 5.74. The zero-order valence-electron chi connectivity index (χ0n) is 10.9. The van der Waals surface area contributed by atoms with Gasteiger partial charge < -0.3 is 15.3 Å². The van der Waals surface area contributed by atoms with Gasteiger partial charge in [0, 0.05) is 13.1 Å². The van der Waals surface area contributed by atoms with Gasteiger partial charge in [0.15, 0.2) is 0 Å². The van der Waals surface area contributed by atoms with Crippen LogP contribution >= 0.6 is 11.6 Å². The Labute approximate surface area is 111 Å². The van der Waals surface area contributed by atoms with Gasteiger partial charge >= 0.3 is 0 Å². The maximum Gasteiger partial charge on any atom is 0.287 e. The van der Waals surface area contributed by atoms with Crippen molar-refractivity contribution >= 4 is 17.3 Å². The summed E-state index contributed by atoms with van der Waals surface area (Å²) in [7, 11) is 3.84. The van der Waals surface area contributed by atoms with Crippen LogP contribution in [-0.4, -0.2) is 53.1 Å². The Kier molecular flexibility index (Phi) is 5.58. The van der Waals surface area contributed by atoms with E-state index >= 15 is 0 Å². The third-order valence-corrected chi connectivity index (χ3v) is 2.70. The van der Waals surface area contributed by atoms with Crippen LogP contribution in [-0.2, 0) is 6.54 Å². The van der Waals surface area contributed by atoms with Crippen molar-refractivity contribution < 1.29 is 5.11 Å². The summed E-state index contributed by atoms with van der Waals surface area (Å²) in [6.45, 7) is 3.17.